The van der Waals surface area contributed by atoms with Gasteiger partial charge in [-0.05, 0) is 23.9 Å². The van der Waals surface area contributed by atoms with Gasteiger partial charge in [-0.2, -0.15) is 0 Å². The molecule has 0 aliphatic carbocycles. The van der Waals surface area contributed by atoms with Gasteiger partial charge in [-0.3, -0.25) is 14.6 Å². The third kappa shape index (κ3) is 4.90. The summed E-state index contributed by atoms with van der Waals surface area (Å²) in [6, 6.07) is 14.5. The van der Waals surface area contributed by atoms with Gasteiger partial charge in [0.15, 0.2) is 0 Å². The van der Waals surface area contributed by atoms with E-state index in [9.17, 15) is 4.79 Å². The van der Waals surface area contributed by atoms with Crippen molar-refractivity contribution in [2.45, 2.75) is 19.5 Å². The zero-order valence-corrected chi connectivity index (χ0v) is 15.0. The van der Waals surface area contributed by atoms with Gasteiger partial charge >= 0.3 is 0 Å². The molecule has 1 aromatic heterocycles. The first-order valence-corrected chi connectivity index (χ1v) is 9.40. The number of nitrogens with one attached hydrogen (secondary N) is 1. The molecule has 1 N–H and O–H groups in total. The average molecular weight is 343 g/mol. The van der Waals surface area contributed by atoms with E-state index in [1.54, 1.807) is 0 Å². The van der Waals surface area contributed by atoms with Crippen molar-refractivity contribution >= 4 is 17.2 Å². The number of benzene rings is 1. The molecule has 4 nitrogen and oxygen atoms in total. The second kappa shape index (κ2) is 8.42. The fourth-order valence-corrected chi connectivity index (χ4v) is 3.79. The Hall–Kier alpha value is -1.69. The molecule has 1 aliphatic heterocycles. The summed E-state index contributed by atoms with van der Waals surface area (Å²) in [4.78, 5) is 18.4. The second-order valence-corrected chi connectivity index (χ2v) is 7.36. The number of hydrogen-bond donors (Lipinski definition) is 1. The topological polar surface area (TPSA) is 35.6 Å². The Kier molecular flexibility index (Phi) is 6.01. The summed E-state index contributed by atoms with van der Waals surface area (Å²) in [6.45, 7) is 7.52. The van der Waals surface area contributed by atoms with Crippen molar-refractivity contribution in [3.63, 3.8) is 0 Å². The zero-order chi connectivity index (χ0) is 16.8. The maximum absolute atomic E-state index is 12.3. The molecule has 1 saturated heterocycles. The number of carbonyl (C=O) groups is 1. The molecule has 5 heteroatoms. The Morgan fingerprint density at radius 1 is 1.08 bits per heavy atom. The number of carbonyl (C=O) groups excluding carboxylic acids is 1. The molecule has 0 spiro atoms. The lowest BCUT2D eigenvalue weighted by Gasteiger charge is -2.34. The van der Waals surface area contributed by atoms with Gasteiger partial charge in [0.05, 0.1) is 12.6 Å². The molecule has 128 valence electrons. The van der Waals surface area contributed by atoms with Crippen LogP contribution in [0.25, 0.3) is 0 Å². The summed E-state index contributed by atoms with van der Waals surface area (Å²) in [5, 5.41) is 5.23. The van der Waals surface area contributed by atoms with E-state index in [-0.39, 0.29) is 11.9 Å². The van der Waals surface area contributed by atoms with E-state index in [1.165, 1.54) is 4.88 Å². The molecule has 1 amide bonds. The lowest BCUT2D eigenvalue weighted by molar-refractivity contribution is -0.123. The van der Waals surface area contributed by atoms with Crippen LogP contribution in [-0.2, 0) is 11.3 Å². The molecular weight excluding hydrogens is 318 g/mol. The highest BCUT2D eigenvalue weighted by Crippen LogP contribution is 2.14. The molecule has 1 aromatic carbocycles. The summed E-state index contributed by atoms with van der Waals surface area (Å²) >= 11 is 1.81. The zero-order valence-electron chi connectivity index (χ0n) is 14.1. The Balaban J connectivity index is 1.40. The van der Waals surface area contributed by atoms with Crippen LogP contribution < -0.4 is 5.32 Å². The summed E-state index contributed by atoms with van der Waals surface area (Å²) < 4.78 is 0. The first kappa shape index (κ1) is 17.1. The van der Waals surface area contributed by atoms with Gasteiger partial charge in [0.25, 0.3) is 0 Å². The minimum absolute atomic E-state index is 0.0545. The van der Waals surface area contributed by atoms with Crippen LogP contribution >= 0.6 is 11.3 Å². The van der Waals surface area contributed by atoms with Crippen molar-refractivity contribution in [1.82, 2.24) is 15.1 Å². The van der Waals surface area contributed by atoms with Crippen molar-refractivity contribution in [3.05, 3.63) is 58.3 Å². The van der Waals surface area contributed by atoms with Gasteiger partial charge in [0.2, 0.25) is 5.91 Å². The summed E-state index contributed by atoms with van der Waals surface area (Å²) in [5.41, 5.74) is 1.15. The minimum atomic E-state index is 0.0545. The lowest BCUT2D eigenvalue weighted by atomic mass is 10.1. The van der Waals surface area contributed by atoms with E-state index >= 15 is 0 Å². The smallest absolute Gasteiger partial charge is 0.234 e. The predicted molar refractivity (Wildman–Crippen MR) is 99.0 cm³/mol. The number of hydrogen-bond acceptors (Lipinski definition) is 4. The SMILES string of the molecule is C[C@@H](NC(=O)CN1CCN(Cc2cccs2)CC1)c1ccccc1. The maximum Gasteiger partial charge on any atom is 0.234 e. The van der Waals surface area contributed by atoms with Gasteiger partial charge in [0.1, 0.15) is 0 Å². The van der Waals surface area contributed by atoms with E-state index < -0.39 is 0 Å². The number of piperazine rings is 1. The molecule has 2 heterocycles. The van der Waals surface area contributed by atoms with E-state index in [4.69, 9.17) is 0 Å². The van der Waals surface area contributed by atoms with Gasteiger partial charge in [-0.25, -0.2) is 0 Å². The molecule has 3 rings (SSSR count). The largest absolute Gasteiger partial charge is 0.348 e. The van der Waals surface area contributed by atoms with Gasteiger partial charge < -0.3 is 5.32 Å². The monoisotopic (exact) mass is 343 g/mol. The van der Waals surface area contributed by atoms with E-state index in [0.717, 1.165) is 38.3 Å². The van der Waals surface area contributed by atoms with Gasteiger partial charge in [-0.1, -0.05) is 36.4 Å². The molecular formula is C19H25N3OS. The lowest BCUT2D eigenvalue weighted by Crippen LogP contribution is -2.49. The standard InChI is InChI=1S/C19H25N3OS/c1-16(17-6-3-2-4-7-17)20-19(23)15-22-11-9-21(10-12-22)14-18-8-5-13-24-18/h2-8,13,16H,9-12,14-15H2,1H3,(H,20,23)/t16-/m1/s1. The molecule has 24 heavy (non-hydrogen) atoms. The van der Waals surface area contributed by atoms with E-state index in [2.05, 4.69) is 32.6 Å². The third-order valence-corrected chi connectivity index (χ3v) is 5.33. The van der Waals surface area contributed by atoms with Crippen LogP contribution in [0.1, 0.15) is 23.4 Å². The fourth-order valence-electron chi connectivity index (χ4n) is 3.04. The maximum atomic E-state index is 12.3. The molecule has 1 fully saturated rings. The van der Waals surface area contributed by atoms with Crippen molar-refractivity contribution in [3.8, 4) is 0 Å². The van der Waals surface area contributed by atoms with Crippen LogP contribution in [-0.4, -0.2) is 48.4 Å². The highest BCUT2D eigenvalue weighted by atomic mass is 32.1. The number of nitrogens with zero attached hydrogens (tertiary/aromatic N) is 2. The molecule has 0 unspecified atom stereocenters. The first-order valence-electron chi connectivity index (χ1n) is 8.52. The highest BCUT2D eigenvalue weighted by molar-refractivity contribution is 7.09. The first-order chi connectivity index (χ1) is 11.7. The van der Waals surface area contributed by atoms with Crippen LogP contribution in [0.2, 0.25) is 0 Å². The van der Waals surface area contributed by atoms with Gasteiger partial charge in [-0.15, -0.1) is 11.3 Å². The Morgan fingerprint density at radius 2 is 1.79 bits per heavy atom. The molecule has 2 aromatic rings. The summed E-state index contributed by atoms with van der Waals surface area (Å²) in [6.07, 6.45) is 0. The van der Waals surface area contributed by atoms with Crippen LogP contribution in [0.15, 0.2) is 47.8 Å². The minimum Gasteiger partial charge on any atom is -0.348 e. The summed E-state index contributed by atoms with van der Waals surface area (Å²) in [7, 11) is 0. The number of rotatable bonds is 6. The van der Waals surface area contributed by atoms with E-state index in [1.807, 2.05) is 48.6 Å². The Morgan fingerprint density at radius 3 is 2.46 bits per heavy atom. The van der Waals surface area contributed by atoms with Crippen molar-refractivity contribution in [1.29, 1.82) is 0 Å². The van der Waals surface area contributed by atoms with Crippen LogP contribution in [0.5, 0.6) is 0 Å². The quantitative estimate of drug-likeness (QED) is 0.876. The third-order valence-electron chi connectivity index (χ3n) is 4.47. The molecule has 1 aliphatic rings. The number of thiophene rings is 1. The molecule has 0 radical (unpaired) electrons. The predicted octanol–water partition coefficient (Wildman–Crippen LogP) is 2.74. The van der Waals surface area contributed by atoms with E-state index in [0.29, 0.717) is 6.54 Å². The molecule has 0 saturated carbocycles. The molecule has 0 bridgehead atoms. The van der Waals surface area contributed by atoms with Crippen molar-refractivity contribution < 1.29 is 4.79 Å². The Labute approximate surface area is 148 Å². The van der Waals surface area contributed by atoms with Gasteiger partial charge in [0, 0.05) is 37.6 Å². The summed E-state index contributed by atoms with van der Waals surface area (Å²) in [5.74, 6) is 0.109. The fraction of sp³-hybridized carbons (Fsp3) is 0.421. The second-order valence-electron chi connectivity index (χ2n) is 6.33. The van der Waals surface area contributed by atoms with Crippen LogP contribution in [0.4, 0.5) is 0 Å². The average Bonchev–Trinajstić information content (AvgIpc) is 3.10. The number of amides is 1. The Bertz CT molecular complexity index is 621. The molecule has 1 atom stereocenters. The van der Waals surface area contributed by atoms with Crippen LogP contribution in [0, 0.1) is 0 Å². The van der Waals surface area contributed by atoms with Crippen molar-refractivity contribution in [2.75, 3.05) is 32.7 Å². The highest BCUT2D eigenvalue weighted by Gasteiger charge is 2.20. The van der Waals surface area contributed by atoms with Crippen molar-refractivity contribution in [2.24, 2.45) is 0 Å². The van der Waals surface area contributed by atoms with Crippen LogP contribution in [0.3, 0.4) is 0 Å². The normalized spacial score (nSPS) is 17.5.